The third-order valence-electron chi connectivity index (χ3n) is 0.633. The Balaban J connectivity index is 4.82. The molecule has 0 fully saturated rings. The van der Waals surface area contributed by atoms with E-state index < -0.39 is 32.4 Å². The van der Waals surface area contributed by atoms with Crippen molar-refractivity contribution in [3.8, 4) is 0 Å². The Labute approximate surface area is 68.2 Å². The standard InChI is InChI=1S/C2H3F6NOS2/c1-2(10)9(11(3,4)5)12(6,7)8/h1H3. The number of carbonyl (C=O) groups is 1. The van der Waals surface area contributed by atoms with E-state index in [0.717, 1.165) is 0 Å². The molecule has 0 aromatic carbocycles. The highest BCUT2D eigenvalue weighted by Crippen LogP contribution is 2.72. The van der Waals surface area contributed by atoms with Gasteiger partial charge in [-0.1, -0.05) is 0 Å². The molecule has 0 spiro atoms. The molecule has 0 unspecified atom stereocenters. The summed E-state index contributed by atoms with van der Waals surface area (Å²) < 4.78 is 67.4. The van der Waals surface area contributed by atoms with Crippen molar-refractivity contribution < 1.29 is 28.1 Å². The monoisotopic (exact) mass is 235 g/mol. The minimum Gasteiger partial charge on any atom is -0.273 e. The van der Waals surface area contributed by atoms with Gasteiger partial charge in [0.15, 0.2) is 0 Å². The highest BCUT2D eigenvalue weighted by molar-refractivity contribution is 8.33. The summed E-state index contributed by atoms with van der Waals surface area (Å²) in [6.45, 7) is 0.223. The van der Waals surface area contributed by atoms with Gasteiger partial charge in [-0.15, -0.1) is 27.0 Å². The summed E-state index contributed by atoms with van der Waals surface area (Å²) >= 11 is -13.1. The maximum Gasteiger partial charge on any atom is 0.318 e. The van der Waals surface area contributed by atoms with Crippen molar-refractivity contribution in [1.82, 2.24) is 3.71 Å². The zero-order chi connectivity index (χ0) is 10.2. The molecule has 0 aromatic heterocycles. The molecule has 0 saturated carbocycles. The lowest BCUT2D eigenvalue weighted by Gasteiger charge is -2.28. The molecule has 12 heavy (non-hydrogen) atoms. The zero-order valence-corrected chi connectivity index (χ0v) is 7.07. The van der Waals surface area contributed by atoms with Crippen LogP contribution in [0, 0.1) is 0 Å². The van der Waals surface area contributed by atoms with Crippen molar-refractivity contribution >= 4 is 28.7 Å². The molecule has 0 N–H and O–H groups in total. The first kappa shape index (κ1) is 11.8. The highest BCUT2D eigenvalue weighted by Gasteiger charge is 2.49. The Morgan fingerprint density at radius 1 is 1.00 bits per heavy atom. The van der Waals surface area contributed by atoms with E-state index in [4.69, 9.17) is 0 Å². The van der Waals surface area contributed by atoms with Crippen LogP contribution in [-0.2, 0) is 4.79 Å². The molecule has 10 heteroatoms. The lowest BCUT2D eigenvalue weighted by molar-refractivity contribution is -0.121. The Morgan fingerprint density at radius 3 is 1.25 bits per heavy atom. The summed E-state index contributed by atoms with van der Waals surface area (Å²) in [4.78, 5) is 9.96. The van der Waals surface area contributed by atoms with Crippen LogP contribution in [0.2, 0.25) is 0 Å². The second-order valence-electron chi connectivity index (χ2n) is 1.54. The van der Waals surface area contributed by atoms with Gasteiger partial charge < -0.3 is 0 Å². The second-order valence-corrected chi connectivity index (χ2v) is 4.03. The van der Waals surface area contributed by atoms with E-state index in [1.807, 2.05) is 0 Å². The number of hydrogen-bond donors (Lipinski definition) is 0. The van der Waals surface area contributed by atoms with Crippen LogP contribution in [0.3, 0.4) is 0 Å². The minimum atomic E-state index is -6.53. The molecular weight excluding hydrogens is 232 g/mol. The van der Waals surface area contributed by atoms with Gasteiger partial charge in [0.2, 0.25) is 5.91 Å². The van der Waals surface area contributed by atoms with Crippen LogP contribution in [0.5, 0.6) is 0 Å². The normalized spacial score (nSPS) is 15.6. The predicted molar refractivity (Wildman–Crippen MR) is 34.4 cm³/mol. The second kappa shape index (κ2) is 3.24. The molecule has 1 amide bonds. The van der Waals surface area contributed by atoms with Crippen molar-refractivity contribution in [2.24, 2.45) is 0 Å². The zero-order valence-electron chi connectivity index (χ0n) is 5.44. The van der Waals surface area contributed by atoms with Crippen LogP contribution in [0.1, 0.15) is 6.92 Å². The van der Waals surface area contributed by atoms with Crippen LogP contribution in [0.15, 0.2) is 0 Å². The Kier molecular flexibility index (Phi) is 3.18. The molecule has 0 heterocycles. The first-order valence-electron chi connectivity index (χ1n) is 2.22. The maximum atomic E-state index is 11.6. The first-order chi connectivity index (χ1) is 5.07. The van der Waals surface area contributed by atoms with Gasteiger partial charge in [0, 0.05) is 6.92 Å². The van der Waals surface area contributed by atoms with E-state index in [9.17, 15) is 28.1 Å². The third kappa shape index (κ3) is 3.01. The van der Waals surface area contributed by atoms with Gasteiger partial charge in [0.1, 0.15) is 0 Å². The van der Waals surface area contributed by atoms with E-state index in [1.54, 1.807) is 0 Å². The molecule has 0 aliphatic carbocycles. The van der Waals surface area contributed by atoms with Crippen LogP contribution in [0.4, 0.5) is 23.3 Å². The van der Waals surface area contributed by atoms with Crippen molar-refractivity contribution in [3.63, 3.8) is 0 Å². The fourth-order valence-electron chi connectivity index (χ4n) is 0.387. The van der Waals surface area contributed by atoms with Gasteiger partial charge in [0.25, 0.3) is 0 Å². The molecule has 0 saturated heterocycles. The SMILES string of the molecule is CC(=O)N(S(F)(F)F)S(F)(F)F. The van der Waals surface area contributed by atoms with Crippen LogP contribution < -0.4 is 0 Å². The number of rotatable bonds is 2. The molecule has 76 valence electrons. The summed E-state index contributed by atoms with van der Waals surface area (Å²) in [7, 11) is 0. The number of nitrogens with zero attached hydrogens (tertiary/aromatic N) is 1. The van der Waals surface area contributed by atoms with Crippen molar-refractivity contribution in [3.05, 3.63) is 0 Å². The van der Waals surface area contributed by atoms with Gasteiger partial charge in [-0.2, -0.15) is 0 Å². The van der Waals surface area contributed by atoms with E-state index in [0.29, 0.717) is 0 Å². The van der Waals surface area contributed by atoms with Gasteiger partial charge in [-0.25, -0.2) is 0 Å². The minimum absolute atomic E-state index is 0.223. The van der Waals surface area contributed by atoms with Crippen molar-refractivity contribution in [2.75, 3.05) is 0 Å². The van der Waals surface area contributed by atoms with Gasteiger partial charge >= 0.3 is 22.7 Å². The Bertz CT molecular complexity index is 171. The van der Waals surface area contributed by atoms with E-state index in [1.165, 1.54) is 0 Å². The number of amides is 1. The third-order valence-corrected chi connectivity index (χ3v) is 2.91. The molecule has 0 radical (unpaired) electrons. The summed E-state index contributed by atoms with van der Waals surface area (Å²) in [5.41, 5.74) is 0. The molecular formula is C2H3F6NOS2. The largest absolute Gasteiger partial charge is 0.318 e. The Morgan fingerprint density at radius 2 is 1.25 bits per heavy atom. The van der Waals surface area contributed by atoms with Gasteiger partial charge in [-0.05, 0) is 0 Å². The van der Waals surface area contributed by atoms with Crippen LogP contribution in [-0.4, -0.2) is 9.62 Å². The van der Waals surface area contributed by atoms with Gasteiger partial charge in [0.05, 0.1) is 0 Å². The number of halogens is 6. The molecule has 0 rings (SSSR count). The van der Waals surface area contributed by atoms with Gasteiger partial charge in [-0.3, -0.25) is 4.79 Å². The van der Waals surface area contributed by atoms with E-state index in [-0.39, 0.29) is 6.92 Å². The molecule has 0 atom stereocenters. The van der Waals surface area contributed by atoms with Crippen LogP contribution >= 0.6 is 22.7 Å². The smallest absolute Gasteiger partial charge is 0.273 e. The summed E-state index contributed by atoms with van der Waals surface area (Å²) in [6.07, 6.45) is 0. The molecule has 0 aliphatic heterocycles. The predicted octanol–water partition coefficient (Wildman–Crippen LogP) is 3.58. The topological polar surface area (TPSA) is 20.3 Å². The van der Waals surface area contributed by atoms with Crippen LogP contribution in [0.25, 0.3) is 0 Å². The first-order valence-corrected chi connectivity index (χ1v) is 4.80. The number of carbonyl (C=O) groups excluding carboxylic acids is 1. The molecule has 0 aliphatic rings. The molecule has 2 nitrogen and oxygen atoms in total. The number of hydrogen-bond acceptors (Lipinski definition) is 1. The fourth-order valence-corrected chi connectivity index (χ4v) is 1.74. The van der Waals surface area contributed by atoms with Crippen molar-refractivity contribution in [2.45, 2.75) is 6.92 Å². The molecule has 0 bridgehead atoms. The van der Waals surface area contributed by atoms with E-state index >= 15 is 0 Å². The van der Waals surface area contributed by atoms with E-state index in [2.05, 4.69) is 0 Å². The lowest BCUT2D eigenvalue weighted by Crippen LogP contribution is -2.23. The average molecular weight is 235 g/mol. The highest BCUT2D eigenvalue weighted by atomic mass is 32.4. The summed E-state index contributed by atoms with van der Waals surface area (Å²) in [5.74, 6) is -2.04. The molecule has 0 aromatic rings. The summed E-state index contributed by atoms with van der Waals surface area (Å²) in [5, 5.41) is 0. The Hall–Kier alpha value is -0.250. The quantitative estimate of drug-likeness (QED) is 0.670. The van der Waals surface area contributed by atoms with Crippen molar-refractivity contribution in [1.29, 1.82) is 0 Å². The average Bonchev–Trinajstić information content (AvgIpc) is 1.49. The maximum absolute atomic E-state index is 11.6. The fraction of sp³-hybridized carbons (Fsp3) is 0.500. The summed E-state index contributed by atoms with van der Waals surface area (Å²) in [6, 6.07) is 0. The lowest BCUT2D eigenvalue weighted by atomic mass is 10.8.